The number of ether oxygens (including phenoxy) is 2. The van der Waals surface area contributed by atoms with Crippen molar-refractivity contribution in [1.29, 1.82) is 0 Å². The summed E-state index contributed by atoms with van der Waals surface area (Å²) < 4.78 is 10.9. The molecule has 2 aromatic carbocycles. The minimum atomic E-state index is 0.748. The zero-order chi connectivity index (χ0) is 15.5. The van der Waals surface area contributed by atoms with E-state index in [0.717, 1.165) is 35.7 Å². The van der Waals surface area contributed by atoms with Crippen molar-refractivity contribution in [2.45, 2.75) is 11.3 Å². The molecule has 1 heterocycles. The van der Waals surface area contributed by atoms with Gasteiger partial charge in [-0.2, -0.15) is 0 Å². The van der Waals surface area contributed by atoms with E-state index in [4.69, 9.17) is 14.5 Å². The van der Waals surface area contributed by atoms with Crippen LogP contribution < -0.4 is 9.47 Å². The Morgan fingerprint density at radius 1 is 1.00 bits per heavy atom. The summed E-state index contributed by atoms with van der Waals surface area (Å²) in [7, 11) is 3.34. The summed E-state index contributed by atoms with van der Waals surface area (Å²) in [5.41, 5.74) is 4.64. The molecule has 0 radical (unpaired) electrons. The molecule has 0 aromatic heterocycles. The average Bonchev–Trinajstić information content (AvgIpc) is 2.59. The Morgan fingerprint density at radius 2 is 1.73 bits per heavy atom. The molecule has 0 atom stereocenters. The fourth-order valence-electron chi connectivity index (χ4n) is 2.79. The maximum absolute atomic E-state index is 5.46. The highest BCUT2D eigenvalue weighted by atomic mass is 32.2. The fourth-order valence-corrected chi connectivity index (χ4v) is 3.39. The largest absolute Gasteiger partial charge is 0.493 e. The zero-order valence-electron chi connectivity index (χ0n) is 13.1. The second kappa shape index (κ2) is 6.44. The fraction of sp³-hybridized carbons (Fsp3) is 0.278. The van der Waals surface area contributed by atoms with E-state index in [-0.39, 0.29) is 0 Å². The summed E-state index contributed by atoms with van der Waals surface area (Å²) >= 11 is 1.74. The number of hydrogen-bond acceptors (Lipinski definition) is 4. The first-order valence-electron chi connectivity index (χ1n) is 7.21. The molecule has 0 spiro atoms. The maximum Gasteiger partial charge on any atom is 0.161 e. The van der Waals surface area contributed by atoms with Crippen molar-refractivity contribution in [3.05, 3.63) is 53.1 Å². The number of nitrogens with zero attached hydrogens (tertiary/aromatic N) is 1. The number of fused-ring (bicyclic) bond motifs is 1. The highest BCUT2D eigenvalue weighted by Crippen LogP contribution is 2.35. The third-order valence-corrected chi connectivity index (χ3v) is 4.67. The Hall–Kier alpha value is -1.94. The summed E-state index contributed by atoms with van der Waals surface area (Å²) in [4.78, 5) is 6.03. The summed E-state index contributed by atoms with van der Waals surface area (Å²) in [5, 5.41) is 0. The molecule has 114 valence electrons. The molecule has 1 aliphatic heterocycles. The van der Waals surface area contributed by atoms with Gasteiger partial charge < -0.3 is 9.47 Å². The van der Waals surface area contributed by atoms with Crippen LogP contribution in [0.5, 0.6) is 11.5 Å². The minimum absolute atomic E-state index is 0.748. The van der Waals surface area contributed by atoms with Crippen molar-refractivity contribution in [1.82, 2.24) is 0 Å². The van der Waals surface area contributed by atoms with Crippen molar-refractivity contribution in [3.63, 3.8) is 0 Å². The lowest BCUT2D eigenvalue weighted by Gasteiger charge is -2.21. The third-order valence-electron chi connectivity index (χ3n) is 3.88. The van der Waals surface area contributed by atoms with Gasteiger partial charge in [0.15, 0.2) is 11.5 Å². The van der Waals surface area contributed by atoms with Crippen LogP contribution in [0.4, 0.5) is 0 Å². The van der Waals surface area contributed by atoms with E-state index in [1.165, 1.54) is 16.0 Å². The Bertz CT molecular complexity index is 725. The first kappa shape index (κ1) is 15.0. The standard InChI is InChI=1S/C18H19NO2S/c1-20-15-10-12-8-9-19-18(14(12)11-16(15)21-2)13-6-4-5-7-17(13)22-3/h4-7,10-11H,8-9H2,1-3H3. The predicted molar refractivity (Wildman–Crippen MR) is 92.0 cm³/mol. The van der Waals surface area contributed by atoms with Crippen molar-refractivity contribution in [2.24, 2.45) is 4.99 Å². The maximum atomic E-state index is 5.46. The highest BCUT2D eigenvalue weighted by Gasteiger charge is 2.21. The molecule has 1 aliphatic rings. The number of methoxy groups -OCH3 is 2. The van der Waals surface area contributed by atoms with Gasteiger partial charge in [0, 0.05) is 22.6 Å². The Balaban J connectivity index is 2.16. The van der Waals surface area contributed by atoms with E-state index in [0.29, 0.717) is 0 Å². The molecular weight excluding hydrogens is 294 g/mol. The lowest BCUT2D eigenvalue weighted by Crippen LogP contribution is -2.15. The highest BCUT2D eigenvalue weighted by molar-refractivity contribution is 7.98. The van der Waals surface area contributed by atoms with Crippen molar-refractivity contribution in [2.75, 3.05) is 27.0 Å². The first-order valence-corrected chi connectivity index (χ1v) is 8.44. The average molecular weight is 313 g/mol. The van der Waals surface area contributed by atoms with Crippen LogP contribution >= 0.6 is 11.8 Å². The van der Waals surface area contributed by atoms with E-state index < -0.39 is 0 Å². The van der Waals surface area contributed by atoms with Gasteiger partial charge in [-0.25, -0.2) is 0 Å². The summed E-state index contributed by atoms with van der Waals surface area (Å²) in [6.07, 6.45) is 3.03. The number of thioether (sulfide) groups is 1. The summed E-state index contributed by atoms with van der Waals surface area (Å²) in [6.45, 7) is 0.806. The van der Waals surface area contributed by atoms with E-state index in [9.17, 15) is 0 Å². The van der Waals surface area contributed by atoms with Gasteiger partial charge in [-0.1, -0.05) is 18.2 Å². The quantitative estimate of drug-likeness (QED) is 0.804. The van der Waals surface area contributed by atoms with Gasteiger partial charge in [-0.15, -0.1) is 11.8 Å². The number of hydrogen-bond donors (Lipinski definition) is 0. The van der Waals surface area contributed by atoms with Crippen LogP contribution in [0.1, 0.15) is 16.7 Å². The number of benzene rings is 2. The molecular formula is C18H19NO2S. The lowest BCUT2D eigenvalue weighted by molar-refractivity contribution is 0.354. The van der Waals surface area contributed by atoms with Crippen LogP contribution in [0.15, 0.2) is 46.3 Å². The lowest BCUT2D eigenvalue weighted by atomic mass is 9.92. The van der Waals surface area contributed by atoms with E-state index >= 15 is 0 Å². The van der Waals surface area contributed by atoms with Crippen LogP contribution in [0.3, 0.4) is 0 Å². The van der Waals surface area contributed by atoms with Gasteiger partial charge in [-0.05, 0) is 36.4 Å². The molecule has 0 aliphatic carbocycles. The molecule has 0 amide bonds. The van der Waals surface area contributed by atoms with Gasteiger partial charge >= 0.3 is 0 Å². The van der Waals surface area contributed by atoms with E-state index in [1.54, 1.807) is 26.0 Å². The summed E-state index contributed by atoms with van der Waals surface area (Å²) in [5.74, 6) is 1.53. The van der Waals surface area contributed by atoms with Crippen LogP contribution in [-0.2, 0) is 6.42 Å². The van der Waals surface area contributed by atoms with Gasteiger partial charge in [-0.3, -0.25) is 4.99 Å². The molecule has 0 bridgehead atoms. The Kier molecular flexibility index (Phi) is 4.39. The molecule has 4 heteroatoms. The van der Waals surface area contributed by atoms with Crippen molar-refractivity contribution >= 4 is 17.5 Å². The van der Waals surface area contributed by atoms with E-state index in [2.05, 4.69) is 36.6 Å². The smallest absolute Gasteiger partial charge is 0.161 e. The molecule has 0 fully saturated rings. The van der Waals surface area contributed by atoms with Crippen LogP contribution in [0.2, 0.25) is 0 Å². The second-order valence-electron chi connectivity index (χ2n) is 5.04. The molecule has 0 saturated heterocycles. The zero-order valence-corrected chi connectivity index (χ0v) is 13.9. The molecule has 22 heavy (non-hydrogen) atoms. The van der Waals surface area contributed by atoms with Gasteiger partial charge in [0.2, 0.25) is 0 Å². The molecule has 0 unspecified atom stereocenters. The predicted octanol–water partition coefficient (Wildman–Crippen LogP) is 3.82. The SMILES string of the molecule is COc1cc2c(cc1OC)C(c1ccccc1SC)=NCC2. The molecule has 2 aromatic rings. The molecule has 3 rings (SSSR count). The monoisotopic (exact) mass is 313 g/mol. The van der Waals surface area contributed by atoms with Crippen molar-refractivity contribution < 1.29 is 9.47 Å². The Labute approximate surface area is 135 Å². The van der Waals surface area contributed by atoms with Crippen LogP contribution in [-0.4, -0.2) is 32.7 Å². The molecule has 0 saturated carbocycles. The minimum Gasteiger partial charge on any atom is -0.493 e. The van der Waals surface area contributed by atoms with Gasteiger partial charge in [0.05, 0.1) is 19.9 Å². The summed E-state index contributed by atoms with van der Waals surface area (Å²) in [6, 6.07) is 12.5. The van der Waals surface area contributed by atoms with Crippen LogP contribution in [0, 0.1) is 0 Å². The second-order valence-corrected chi connectivity index (χ2v) is 5.89. The Morgan fingerprint density at radius 3 is 2.45 bits per heavy atom. The van der Waals surface area contributed by atoms with Crippen LogP contribution in [0.25, 0.3) is 0 Å². The normalized spacial score (nSPS) is 13.3. The topological polar surface area (TPSA) is 30.8 Å². The first-order chi connectivity index (χ1) is 10.8. The third kappa shape index (κ3) is 2.59. The number of rotatable bonds is 4. The van der Waals surface area contributed by atoms with Crippen molar-refractivity contribution in [3.8, 4) is 11.5 Å². The van der Waals surface area contributed by atoms with Gasteiger partial charge in [0.1, 0.15) is 0 Å². The van der Waals surface area contributed by atoms with Gasteiger partial charge in [0.25, 0.3) is 0 Å². The molecule has 3 nitrogen and oxygen atoms in total. The van der Waals surface area contributed by atoms with E-state index in [1.807, 2.05) is 6.07 Å². The number of aliphatic imine (C=N–C) groups is 1. The molecule has 0 N–H and O–H groups in total.